The van der Waals surface area contributed by atoms with Crippen LogP contribution in [0.15, 0.2) is 71.4 Å². The van der Waals surface area contributed by atoms with Crippen molar-refractivity contribution in [2.45, 2.75) is 13.8 Å². The van der Waals surface area contributed by atoms with E-state index in [9.17, 15) is 0 Å². The van der Waals surface area contributed by atoms with Gasteiger partial charge in [0.05, 0.1) is 0 Å². The van der Waals surface area contributed by atoms with Crippen molar-refractivity contribution in [2.75, 3.05) is 0 Å². The molecule has 3 aliphatic rings. The van der Waals surface area contributed by atoms with E-state index in [0.29, 0.717) is 5.92 Å². The third-order valence-corrected chi connectivity index (χ3v) is 3.81. The van der Waals surface area contributed by atoms with Gasteiger partial charge < -0.3 is 0 Å². The monoisotopic (exact) mass is 208 g/mol. The van der Waals surface area contributed by atoms with E-state index in [4.69, 9.17) is 0 Å². The fourth-order valence-corrected chi connectivity index (χ4v) is 3.06. The van der Waals surface area contributed by atoms with Crippen LogP contribution in [0.3, 0.4) is 0 Å². The van der Waals surface area contributed by atoms with E-state index in [1.54, 1.807) is 0 Å². The van der Waals surface area contributed by atoms with E-state index in [1.165, 1.54) is 16.7 Å². The van der Waals surface area contributed by atoms with Crippen LogP contribution in [0.4, 0.5) is 0 Å². The molecule has 0 aromatic rings. The molecule has 0 aromatic carbocycles. The molecular weight excluding hydrogens is 192 g/mol. The highest BCUT2D eigenvalue weighted by Gasteiger charge is 2.43. The highest BCUT2D eigenvalue weighted by Crippen LogP contribution is 2.53. The van der Waals surface area contributed by atoms with E-state index in [1.807, 2.05) is 0 Å². The minimum atomic E-state index is 0.114. The molecule has 0 saturated heterocycles. The Hall–Kier alpha value is -1.56. The molecule has 80 valence electrons. The molecular formula is C16H16. The van der Waals surface area contributed by atoms with Crippen molar-refractivity contribution in [2.24, 2.45) is 11.3 Å². The van der Waals surface area contributed by atoms with Gasteiger partial charge in [0.25, 0.3) is 0 Å². The number of hydrogen-bond donors (Lipinski definition) is 0. The Labute approximate surface area is 97.1 Å². The molecule has 3 aliphatic carbocycles. The molecule has 0 heteroatoms. The standard InChI is InChI=1S/C16H16/c1-3-9-16-10-7-13-6-4-5-12(2)14(8-11-16)15(13)16/h3-11,15H,1-2H3/b9-3-. The maximum Gasteiger partial charge on any atom is 0.0357 e. The van der Waals surface area contributed by atoms with E-state index >= 15 is 0 Å². The van der Waals surface area contributed by atoms with Crippen LogP contribution in [0, 0.1) is 11.3 Å². The maximum absolute atomic E-state index is 2.34. The number of rotatable bonds is 1. The van der Waals surface area contributed by atoms with Gasteiger partial charge in [0, 0.05) is 11.3 Å². The van der Waals surface area contributed by atoms with Crippen molar-refractivity contribution in [1.82, 2.24) is 0 Å². The van der Waals surface area contributed by atoms with Crippen LogP contribution in [-0.2, 0) is 0 Å². The summed E-state index contributed by atoms with van der Waals surface area (Å²) in [7, 11) is 0. The lowest BCUT2D eigenvalue weighted by Crippen LogP contribution is -2.18. The highest BCUT2D eigenvalue weighted by atomic mass is 14.5. The first-order chi connectivity index (χ1) is 7.77. The van der Waals surface area contributed by atoms with Crippen molar-refractivity contribution in [3.05, 3.63) is 71.4 Å². The van der Waals surface area contributed by atoms with E-state index in [2.05, 4.69) is 68.5 Å². The minimum absolute atomic E-state index is 0.114. The van der Waals surface area contributed by atoms with Gasteiger partial charge in [-0.3, -0.25) is 0 Å². The van der Waals surface area contributed by atoms with Crippen molar-refractivity contribution >= 4 is 0 Å². The first kappa shape index (κ1) is 9.65. The van der Waals surface area contributed by atoms with Crippen LogP contribution < -0.4 is 0 Å². The molecule has 0 aliphatic heterocycles. The Morgan fingerprint density at radius 2 is 2.00 bits per heavy atom. The Balaban J connectivity index is 2.22. The second kappa shape index (κ2) is 3.21. The lowest BCUT2D eigenvalue weighted by atomic mass is 9.77. The molecule has 0 saturated carbocycles. The van der Waals surface area contributed by atoms with Gasteiger partial charge in [-0.2, -0.15) is 0 Å². The molecule has 0 nitrogen and oxygen atoms in total. The zero-order valence-corrected chi connectivity index (χ0v) is 9.77. The summed E-state index contributed by atoms with van der Waals surface area (Å²) in [4.78, 5) is 0. The number of allylic oxidation sites excluding steroid dienone is 12. The smallest absolute Gasteiger partial charge is 0.0357 e. The molecule has 3 rings (SSSR count). The summed E-state index contributed by atoms with van der Waals surface area (Å²) in [6.07, 6.45) is 20.3. The van der Waals surface area contributed by atoms with Crippen molar-refractivity contribution in [3.63, 3.8) is 0 Å². The van der Waals surface area contributed by atoms with Gasteiger partial charge >= 0.3 is 0 Å². The van der Waals surface area contributed by atoms with Crippen LogP contribution in [0.2, 0.25) is 0 Å². The Kier molecular flexibility index (Phi) is 1.94. The van der Waals surface area contributed by atoms with Gasteiger partial charge in [0.1, 0.15) is 0 Å². The van der Waals surface area contributed by atoms with Crippen molar-refractivity contribution < 1.29 is 0 Å². The number of hydrogen-bond acceptors (Lipinski definition) is 0. The third kappa shape index (κ3) is 1.10. The van der Waals surface area contributed by atoms with Crippen LogP contribution in [0.25, 0.3) is 0 Å². The molecule has 0 heterocycles. The Bertz CT molecular complexity index is 506. The summed E-state index contributed by atoms with van der Waals surface area (Å²) < 4.78 is 0. The quantitative estimate of drug-likeness (QED) is 0.569. The predicted molar refractivity (Wildman–Crippen MR) is 68.9 cm³/mol. The normalized spacial score (nSPS) is 34.9. The van der Waals surface area contributed by atoms with Gasteiger partial charge in [-0.25, -0.2) is 0 Å². The summed E-state index contributed by atoms with van der Waals surface area (Å²) in [6.45, 7) is 4.30. The molecule has 0 fully saturated rings. The zero-order valence-electron chi connectivity index (χ0n) is 9.77. The first-order valence-corrected chi connectivity index (χ1v) is 5.88. The van der Waals surface area contributed by atoms with E-state index < -0.39 is 0 Å². The predicted octanol–water partition coefficient (Wildman–Crippen LogP) is 4.12. The van der Waals surface area contributed by atoms with Crippen LogP contribution >= 0.6 is 0 Å². The highest BCUT2D eigenvalue weighted by molar-refractivity contribution is 5.59. The fraction of sp³-hybridized carbons (Fsp3) is 0.250. The average molecular weight is 208 g/mol. The zero-order chi connectivity index (χ0) is 11.2. The molecule has 16 heavy (non-hydrogen) atoms. The molecule has 2 unspecified atom stereocenters. The molecule has 0 N–H and O–H groups in total. The molecule has 0 bridgehead atoms. The summed E-state index contributed by atoms with van der Waals surface area (Å²) in [5.41, 5.74) is 4.42. The molecule has 0 radical (unpaired) electrons. The summed E-state index contributed by atoms with van der Waals surface area (Å²) in [6, 6.07) is 0. The maximum atomic E-state index is 2.34. The summed E-state index contributed by atoms with van der Waals surface area (Å²) in [5, 5.41) is 0. The fourth-order valence-electron chi connectivity index (χ4n) is 3.06. The molecule has 0 spiro atoms. The van der Waals surface area contributed by atoms with Crippen molar-refractivity contribution in [3.8, 4) is 0 Å². The largest absolute Gasteiger partial charge is 0.0905 e. The van der Waals surface area contributed by atoms with E-state index in [-0.39, 0.29) is 5.41 Å². The van der Waals surface area contributed by atoms with Crippen LogP contribution in [-0.4, -0.2) is 0 Å². The third-order valence-electron chi connectivity index (χ3n) is 3.81. The van der Waals surface area contributed by atoms with Crippen molar-refractivity contribution in [1.29, 1.82) is 0 Å². The second-order valence-corrected chi connectivity index (χ2v) is 4.76. The first-order valence-electron chi connectivity index (χ1n) is 5.88. The van der Waals surface area contributed by atoms with Gasteiger partial charge in [0.15, 0.2) is 0 Å². The Morgan fingerprint density at radius 3 is 2.81 bits per heavy atom. The van der Waals surface area contributed by atoms with Gasteiger partial charge in [-0.05, 0) is 30.6 Å². The Morgan fingerprint density at radius 1 is 1.19 bits per heavy atom. The van der Waals surface area contributed by atoms with Crippen LogP contribution in [0.1, 0.15) is 13.8 Å². The molecule has 0 aromatic heterocycles. The van der Waals surface area contributed by atoms with Crippen LogP contribution in [0.5, 0.6) is 0 Å². The summed E-state index contributed by atoms with van der Waals surface area (Å²) >= 11 is 0. The van der Waals surface area contributed by atoms with Gasteiger partial charge in [0.2, 0.25) is 0 Å². The minimum Gasteiger partial charge on any atom is -0.0905 e. The van der Waals surface area contributed by atoms with Gasteiger partial charge in [-0.15, -0.1) is 0 Å². The lowest BCUT2D eigenvalue weighted by Gasteiger charge is -2.25. The molecule has 2 atom stereocenters. The SMILES string of the molecule is C/C=C\C12C=CC3=CC=CC(C)=C(C=C1)C32. The summed E-state index contributed by atoms with van der Waals surface area (Å²) in [5.74, 6) is 0.513. The van der Waals surface area contributed by atoms with E-state index in [0.717, 1.165) is 0 Å². The van der Waals surface area contributed by atoms with Gasteiger partial charge in [-0.1, -0.05) is 54.7 Å². The second-order valence-electron chi connectivity index (χ2n) is 4.76. The lowest BCUT2D eigenvalue weighted by molar-refractivity contribution is 0.541. The topological polar surface area (TPSA) is 0 Å². The average Bonchev–Trinajstić information content (AvgIpc) is 2.71. The molecule has 0 amide bonds.